The normalized spacial score (nSPS) is 10.7. The van der Waals surface area contributed by atoms with Gasteiger partial charge in [-0.3, -0.25) is 0 Å². The molecule has 2 rings (SSSR count). The van der Waals surface area contributed by atoms with E-state index in [9.17, 15) is 4.39 Å². The van der Waals surface area contributed by atoms with Crippen LogP contribution >= 0.6 is 0 Å². The molecule has 0 saturated carbocycles. The number of furan rings is 1. The van der Waals surface area contributed by atoms with Crippen molar-refractivity contribution < 1.29 is 8.81 Å². The molecule has 0 unspecified atom stereocenters. The number of para-hydroxylation sites is 1. The van der Waals surface area contributed by atoms with Crippen LogP contribution in [0.25, 0.3) is 11.0 Å². The molecule has 0 aliphatic carbocycles. The summed E-state index contributed by atoms with van der Waals surface area (Å²) < 4.78 is 17.4. The Balaban J connectivity index is 2.90. The van der Waals surface area contributed by atoms with Gasteiger partial charge >= 0.3 is 0 Å². The Labute approximate surface area is 63.4 Å². The second-order valence-electron chi connectivity index (χ2n) is 2.54. The van der Waals surface area contributed by atoms with Gasteiger partial charge in [0.15, 0.2) is 0 Å². The van der Waals surface area contributed by atoms with E-state index in [1.54, 1.807) is 0 Å². The van der Waals surface area contributed by atoms with Gasteiger partial charge in [0.2, 0.25) is 0 Å². The lowest BCUT2D eigenvalue weighted by Gasteiger charge is -1.90. The second kappa shape index (κ2) is 2.09. The monoisotopic (exact) mass is 150 g/mol. The molecule has 56 valence electrons. The number of rotatable bonds is 0. The first-order valence-corrected chi connectivity index (χ1v) is 3.42. The molecule has 1 nitrogen and oxygen atoms in total. The standard InChI is InChI=1S/C9H7FO/c1-6-3-2-4-7-5-8(10)11-9(6)7/h2-5H,1H3. The SMILES string of the molecule is Cc1cccc2cc(F)oc12. The maximum absolute atomic E-state index is 12.5. The maximum Gasteiger partial charge on any atom is 0.278 e. The quantitative estimate of drug-likeness (QED) is 0.562. The van der Waals surface area contributed by atoms with Crippen LogP contribution in [-0.2, 0) is 0 Å². The molecule has 0 N–H and O–H groups in total. The van der Waals surface area contributed by atoms with Crippen LogP contribution in [0.2, 0.25) is 0 Å². The number of halogens is 1. The molecule has 0 fully saturated rings. The van der Waals surface area contributed by atoms with Crippen LogP contribution in [-0.4, -0.2) is 0 Å². The summed E-state index contributed by atoms with van der Waals surface area (Å²) >= 11 is 0. The van der Waals surface area contributed by atoms with Crippen molar-refractivity contribution >= 4 is 11.0 Å². The zero-order valence-electron chi connectivity index (χ0n) is 6.10. The van der Waals surface area contributed by atoms with Gasteiger partial charge < -0.3 is 4.42 Å². The lowest BCUT2D eigenvalue weighted by molar-refractivity contribution is 0.380. The van der Waals surface area contributed by atoms with Crippen molar-refractivity contribution in [1.82, 2.24) is 0 Å². The van der Waals surface area contributed by atoms with Gasteiger partial charge in [-0.1, -0.05) is 18.2 Å². The van der Waals surface area contributed by atoms with Crippen molar-refractivity contribution in [2.24, 2.45) is 0 Å². The third-order valence-corrected chi connectivity index (χ3v) is 1.71. The predicted molar refractivity (Wildman–Crippen MR) is 40.9 cm³/mol. The Kier molecular flexibility index (Phi) is 1.22. The minimum atomic E-state index is -0.519. The van der Waals surface area contributed by atoms with Crippen LogP contribution in [0.1, 0.15) is 5.56 Å². The molecule has 0 atom stereocenters. The van der Waals surface area contributed by atoms with Gasteiger partial charge in [-0.05, 0) is 12.5 Å². The van der Waals surface area contributed by atoms with Gasteiger partial charge in [-0.15, -0.1) is 0 Å². The van der Waals surface area contributed by atoms with E-state index in [1.165, 1.54) is 6.07 Å². The summed E-state index contributed by atoms with van der Waals surface area (Å²) in [5.41, 5.74) is 1.61. The molecule has 1 aromatic carbocycles. The highest BCUT2D eigenvalue weighted by Gasteiger charge is 2.03. The van der Waals surface area contributed by atoms with Crippen molar-refractivity contribution in [2.45, 2.75) is 6.92 Å². The number of hydrogen-bond acceptors (Lipinski definition) is 1. The summed E-state index contributed by atoms with van der Waals surface area (Å²) in [6.45, 7) is 1.89. The molecule has 0 aliphatic rings. The molecule has 11 heavy (non-hydrogen) atoms. The van der Waals surface area contributed by atoms with Gasteiger partial charge in [0.25, 0.3) is 6.01 Å². The summed E-state index contributed by atoms with van der Waals surface area (Å²) in [5.74, 6) is 0. The molecule has 2 aromatic rings. The number of hydrogen-bond donors (Lipinski definition) is 0. The second-order valence-corrected chi connectivity index (χ2v) is 2.54. The summed E-state index contributed by atoms with van der Waals surface area (Å²) in [7, 11) is 0. The van der Waals surface area contributed by atoms with E-state index in [0.29, 0.717) is 5.58 Å². The minimum absolute atomic E-state index is 0.519. The van der Waals surface area contributed by atoms with Crippen LogP contribution in [0.4, 0.5) is 4.39 Å². The van der Waals surface area contributed by atoms with Crippen LogP contribution in [0.15, 0.2) is 28.7 Å². The van der Waals surface area contributed by atoms with E-state index in [1.807, 2.05) is 25.1 Å². The van der Waals surface area contributed by atoms with Crippen LogP contribution in [0, 0.1) is 12.9 Å². The number of benzene rings is 1. The summed E-state index contributed by atoms with van der Waals surface area (Å²) in [6.07, 6.45) is 0. The predicted octanol–water partition coefficient (Wildman–Crippen LogP) is 2.88. The van der Waals surface area contributed by atoms with E-state index >= 15 is 0 Å². The zero-order chi connectivity index (χ0) is 7.84. The Morgan fingerprint density at radius 3 is 2.91 bits per heavy atom. The molecule has 0 radical (unpaired) electrons. The Morgan fingerprint density at radius 2 is 2.18 bits per heavy atom. The molecular weight excluding hydrogens is 143 g/mol. The van der Waals surface area contributed by atoms with E-state index in [4.69, 9.17) is 4.42 Å². The number of fused-ring (bicyclic) bond motifs is 1. The van der Waals surface area contributed by atoms with Gasteiger partial charge in [0, 0.05) is 11.5 Å². The lowest BCUT2D eigenvalue weighted by Crippen LogP contribution is -1.69. The minimum Gasteiger partial charge on any atom is -0.431 e. The van der Waals surface area contributed by atoms with Crippen molar-refractivity contribution in [3.05, 3.63) is 35.8 Å². The molecule has 0 amide bonds. The smallest absolute Gasteiger partial charge is 0.278 e. The third-order valence-electron chi connectivity index (χ3n) is 1.71. The van der Waals surface area contributed by atoms with Crippen LogP contribution in [0.5, 0.6) is 0 Å². The zero-order valence-corrected chi connectivity index (χ0v) is 6.10. The Hall–Kier alpha value is -1.31. The topological polar surface area (TPSA) is 13.1 Å². The Bertz CT molecular complexity index is 389. The van der Waals surface area contributed by atoms with Crippen molar-refractivity contribution in [2.75, 3.05) is 0 Å². The average molecular weight is 150 g/mol. The molecule has 0 saturated heterocycles. The maximum atomic E-state index is 12.5. The molecule has 0 bridgehead atoms. The van der Waals surface area contributed by atoms with Gasteiger partial charge in [0.1, 0.15) is 5.58 Å². The fraction of sp³-hybridized carbons (Fsp3) is 0.111. The molecule has 2 heteroatoms. The first-order chi connectivity index (χ1) is 5.27. The van der Waals surface area contributed by atoms with Gasteiger partial charge in [-0.25, -0.2) is 0 Å². The van der Waals surface area contributed by atoms with Crippen molar-refractivity contribution in [3.8, 4) is 0 Å². The van der Waals surface area contributed by atoms with Crippen LogP contribution in [0.3, 0.4) is 0 Å². The van der Waals surface area contributed by atoms with E-state index in [-0.39, 0.29) is 0 Å². The summed E-state index contributed by atoms with van der Waals surface area (Å²) in [5, 5.41) is 0.822. The van der Waals surface area contributed by atoms with Crippen LogP contribution < -0.4 is 0 Å². The highest BCUT2D eigenvalue weighted by atomic mass is 19.1. The van der Waals surface area contributed by atoms with E-state index in [0.717, 1.165) is 10.9 Å². The van der Waals surface area contributed by atoms with E-state index < -0.39 is 6.01 Å². The van der Waals surface area contributed by atoms with E-state index in [2.05, 4.69) is 0 Å². The molecule has 1 heterocycles. The Morgan fingerprint density at radius 1 is 1.36 bits per heavy atom. The third kappa shape index (κ3) is 0.909. The largest absolute Gasteiger partial charge is 0.431 e. The molecule has 1 aromatic heterocycles. The summed E-state index contributed by atoms with van der Waals surface area (Å²) in [6, 6.07) is 6.48. The molecule has 0 spiro atoms. The highest BCUT2D eigenvalue weighted by Crippen LogP contribution is 2.20. The van der Waals surface area contributed by atoms with Crippen molar-refractivity contribution in [3.63, 3.8) is 0 Å². The molecule has 0 aliphatic heterocycles. The summed E-state index contributed by atoms with van der Waals surface area (Å²) in [4.78, 5) is 0. The van der Waals surface area contributed by atoms with Crippen molar-refractivity contribution in [1.29, 1.82) is 0 Å². The lowest BCUT2D eigenvalue weighted by atomic mass is 10.2. The van der Waals surface area contributed by atoms with Gasteiger partial charge in [-0.2, -0.15) is 4.39 Å². The first-order valence-electron chi connectivity index (χ1n) is 3.42. The number of aryl methyl sites for hydroxylation is 1. The average Bonchev–Trinajstić information content (AvgIpc) is 2.31. The van der Waals surface area contributed by atoms with Gasteiger partial charge in [0.05, 0.1) is 0 Å². The first kappa shape index (κ1) is 6.40. The molecular formula is C9H7FO. The highest BCUT2D eigenvalue weighted by molar-refractivity contribution is 5.80. The fourth-order valence-corrected chi connectivity index (χ4v) is 1.18. The fourth-order valence-electron chi connectivity index (χ4n) is 1.18.